The molecule has 1 saturated heterocycles. The van der Waals surface area contributed by atoms with Crippen molar-refractivity contribution >= 4 is 61.4 Å². The van der Waals surface area contributed by atoms with Gasteiger partial charge in [-0.05, 0) is 73.5 Å². The van der Waals surface area contributed by atoms with Gasteiger partial charge in [-0.3, -0.25) is 9.69 Å². The Balaban J connectivity index is 1.53. The van der Waals surface area contributed by atoms with Gasteiger partial charge in [-0.15, -0.1) is 0 Å². The second-order valence-corrected chi connectivity index (χ2v) is 10.6. The van der Waals surface area contributed by atoms with E-state index in [1.165, 1.54) is 17.3 Å². The summed E-state index contributed by atoms with van der Waals surface area (Å²) < 4.78 is 3.32. The van der Waals surface area contributed by atoms with Gasteiger partial charge in [0.05, 0.1) is 10.6 Å². The van der Waals surface area contributed by atoms with Crippen LogP contribution in [-0.4, -0.2) is 27.1 Å². The zero-order chi connectivity index (χ0) is 24.5. The number of fused-ring (bicyclic) bond motifs is 1. The molecule has 4 aromatic rings. The van der Waals surface area contributed by atoms with Crippen LogP contribution in [0, 0.1) is 13.8 Å². The Morgan fingerprint density at radius 2 is 1.69 bits per heavy atom. The Labute approximate surface area is 218 Å². The third kappa shape index (κ3) is 4.73. The number of para-hydroxylation sites is 2. The van der Waals surface area contributed by atoms with Gasteiger partial charge in [0.1, 0.15) is 0 Å². The number of benzene rings is 3. The van der Waals surface area contributed by atoms with Crippen molar-refractivity contribution in [3.05, 3.63) is 105 Å². The molecule has 176 valence electrons. The maximum Gasteiger partial charge on any atom is 0.266 e. The fourth-order valence-electron chi connectivity index (χ4n) is 4.40. The first-order valence-electron chi connectivity index (χ1n) is 11.6. The molecule has 1 aliphatic heterocycles. The van der Waals surface area contributed by atoms with Crippen LogP contribution in [0.2, 0.25) is 0 Å². The van der Waals surface area contributed by atoms with Gasteiger partial charge in [0.15, 0.2) is 5.17 Å². The molecule has 1 fully saturated rings. The molecule has 4 nitrogen and oxygen atoms in total. The lowest BCUT2D eigenvalue weighted by atomic mass is 10.1. The summed E-state index contributed by atoms with van der Waals surface area (Å²) in [7, 11) is 0. The fourth-order valence-corrected chi connectivity index (χ4v) is 5.70. The Kier molecular flexibility index (Phi) is 6.67. The van der Waals surface area contributed by atoms with Crippen molar-refractivity contribution < 1.29 is 4.79 Å². The number of rotatable bonds is 5. The number of halogens is 1. The van der Waals surface area contributed by atoms with Crippen molar-refractivity contribution in [2.24, 2.45) is 4.99 Å². The number of carbonyl (C=O) groups is 1. The molecule has 1 aromatic heterocycles. The number of nitrogens with zero attached hydrogens (tertiary/aromatic N) is 3. The molecule has 0 saturated carbocycles. The second-order valence-electron chi connectivity index (χ2n) is 8.65. The first kappa shape index (κ1) is 23.6. The lowest BCUT2D eigenvalue weighted by molar-refractivity contribution is -0.122. The fraction of sp³-hybridized carbons (Fsp3) is 0.172. The minimum atomic E-state index is 0.00669. The van der Waals surface area contributed by atoms with E-state index in [1.54, 1.807) is 4.90 Å². The summed E-state index contributed by atoms with van der Waals surface area (Å²) in [6.45, 7) is 7.45. The minimum absolute atomic E-state index is 0.00669. The van der Waals surface area contributed by atoms with Gasteiger partial charge in [0.2, 0.25) is 0 Å². The number of aliphatic imine (C=N–C) groups is 1. The smallest absolute Gasteiger partial charge is 0.266 e. The van der Waals surface area contributed by atoms with Crippen LogP contribution in [0.5, 0.6) is 0 Å². The van der Waals surface area contributed by atoms with Crippen LogP contribution in [-0.2, 0) is 11.3 Å². The third-order valence-corrected chi connectivity index (χ3v) is 7.76. The van der Waals surface area contributed by atoms with Crippen LogP contribution in [0.15, 0.2) is 87.3 Å². The summed E-state index contributed by atoms with van der Waals surface area (Å²) in [4.78, 5) is 20.7. The number of aryl methyl sites for hydroxylation is 2. The maximum absolute atomic E-state index is 13.3. The largest absolute Gasteiger partial charge is 0.342 e. The van der Waals surface area contributed by atoms with Crippen LogP contribution in [0.25, 0.3) is 17.0 Å². The Morgan fingerprint density at radius 3 is 2.40 bits per heavy atom. The molecule has 5 rings (SSSR count). The van der Waals surface area contributed by atoms with E-state index in [4.69, 9.17) is 4.99 Å². The van der Waals surface area contributed by atoms with Crippen molar-refractivity contribution in [2.75, 3.05) is 6.54 Å². The number of carbonyl (C=O) groups excluding carboxylic acids is 1. The van der Waals surface area contributed by atoms with E-state index in [9.17, 15) is 4.79 Å². The van der Waals surface area contributed by atoms with Crippen LogP contribution in [0.3, 0.4) is 0 Å². The molecule has 0 atom stereocenters. The van der Waals surface area contributed by atoms with Crippen LogP contribution >= 0.6 is 27.7 Å². The standard InChI is InChI=1S/C29H26BrN3OS/c1-4-33-28(34)26(35-29(33)31-27-19(2)8-7-9-20(27)3)16-22-18-32(25-11-6-5-10-24(22)25)17-21-12-14-23(30)15-13-21/h5-16,18H,4,17H2,1-3H3/b26-16+,31-29?. The molecular formula is C29H26BrN3OS. The molecule has 0 unspecified atom stereocenters. The highest BCUT2D eigenvalue weighted by atomic mass is 79.9. The Hall–Kier alpha value is -3.09. The number of hydrogen-bond acceptors (Lipinski definition) is 3. The van der Waals surface area contributed by atoms with Crippen molar-refractivity contribution in [1.29, 1.82) is 0 Å². The van der Waals surface area contributed by atoms with Gasteiger partial charge in [0, 0.05) is 40.2 Å². The van der Waals surface area contributed by atoms with Crippen LogP contribution in [0.1, 0.15) is 29.2 Å². The zero-order valence-electron chi connectivity index (χ0n) is 20.0. The Bertz CT molecular complexity index is 1460. The predicted molar refractivity (Wildman–Crippen MR) is 151 cm³/mol. The van der Waals surface area contributed by atoms with Gasteiger partial charge in [-0.2, -0.15) is 0 Å². The molecule has 35 heavy (non-hydrogen) atoms. The van der Waals surface area contributed by atoms with Crippen LogP contribution in [0.4, 0.5) is 5.69 Å². The first-order valence-corrected chi connectivity index (χ1v) is 13.2. The quantitative estimate of drug-likeness (QED) is 0.242. The summed E-state index contributed by atoms with van der Waals surface area (Å²) in [5, 5.41) is 1.87. The van der Waals surface area contributed by atoms with Gasteiger partial charge < -0.3 is 4.57 Å². The van der Waals surface area contributed by atoms with E-state index in [0.29, 0.717) is 11.4 Å². The zero-order valence-corrected chi connectivity index (χ0v) is 22.4. The monoisotopic (exact) mass is 543 g/mol. The molecule has 6 heteroatoms. The van der Waals surface area contributed by atoms with E-state index < -0.39 is 0 Å². The second kappa shape index (κ2) is 9.88. The van der Waals surface area contributed by atoms with E-state index in [2.05, 4.69) is 95.1 Å². The highest BCUT2D eigenvalue weighted by Gasteiger charge is 2.32. The number of hydrogen-bond donors (Lipinski definition) is 0. The van der Waals surface area contributed by atoms with E-state index in [-0.39, 0.29) is 5.91 Å². The molecule has 0 radical (unpaired) electrons. The topological polar surface area (TPSA) is 37.6 Å². The normalized spacial score (nSPS) is 16.2. The van der Waals surface area contributed by atoms with Gasteiger partial charge in [-0.25, -0.2) is 4.99 Å². The average Bonchev–Trinajstić information content (AvgIpc) is 3.34. The summed E-state index contributed by atoms with van der Waals surface area (Å²) in [5.41, 5.74) is 6.56. The summed E-state index contributed by atoms with van der Waals surface area (Å²) >= 11 is 4.97. The number of amides is 1. The predicted octanol–water partition coefficient (Wildman–Crippen LogP) is 7.69. The van der Waals surface area contributed by atoms with Crippen molar-refractivity contribution in [1.82, 2.24) is 9.47 Å². The number of amidine groups is 1. The SMILES string of the molecule is CCN1C(=O)/C(=C\c2cn(Cc3ccc(Br)cc3)c3ccccc23)SC1=Nc1c(C)cccc1C. The summed E-state index contributed by atoms with van der Waals surface area (Å²) in [6, 6.07) is 22.9. The number of likely N-dealkylation sites (N-methyl/N-ethyl adjacent to an activating group) is 1. The molecule has 0 N–H and O–H groups in total. The molecule has 0 bridgehead atoms. The third-order valence-electron chi connectivity index (χ3n) is 6.22. The molecule has 1 aliphatic rings. The molecule has 0 spiro atoms. The van der Waals surface area contributed by atoms with Gasteiger partial charge in [0.25, 0.3) is 5.91 Å². The molecule has 0 aliphatic carbocycles. The lowest BCUT2D eigenvalue weighted by Crippen LogP contribution is -2.28. The van der Waals surface area contributed by atoms with Crippen molar-refractivity contribution in [3.63, 3.8) is 0 Å². The average molecular weight is 545 g/mol. The van der Waals surface area contributed by atoms with E-state index in [1.807, 2.05) is 25.1 Å². The lowest BCUT2D eigenvalue weighted by Gasteiger charge is -2.13. The highest BCUT2D eigenvalue weighted by Crippen LogP contribution is 2.36. The van der Waals surface area contributed by atoms with Gasteiger partial charge in [-0.1, -0.05) is 64.5 Å². The van der Waals surface area contributed by atoms with E-state index >= 15 is 0 Å². The number of thioether (sulfide) groups is 1. The molecule has 2 heterocycles. The molecular weight excluding hydrogens is 518 g/mol. The number of aromatic nitrogens is 1. The minimum Gasteiger partial charge on any atom is -0.342 e. The Morgan fingerprint density at radius 1 is 0.971 bits per heavy atom. The van der Waals surface area contributed by atoms with Crippen molar-refractivity contribution in [3.8, 4) is 0 Å². The summed E-state index contributed by atoms with van der Waals surface area (Å²) in [6.07, 6.45) is 4.16. The maximum atomic E-state index is 13.3. The van der Waals surface area contributed by atoms with Gasteiger partial charge >= 0.3 is 0 Å². The highest BCUT2D eigenvalue weighted by molar-refractivity contribution is 9.10. The molecule has 3 aromatic carbocycles. The molecule has 1 amide bonds. The van der Waals surface area contributed by atoms with Crippen LogP contribution < -0.4 is 0 Å². The van der Waals surface area contributed by atoms with Crippen molar-refractivity contribution in [2.45, 2.75) is 27.3 Å². The van der Waals surface area contributed by atoms with E-state index in [0.717, 1.165) is 49.5 Å². The summed E-state index contributed by atoms with van der Waals surface area (Å²) in [5.74, 6) is 0.00669. The first-order chi connectivity index (χ1) is 16.9.